The second-order valence-electron chi connectivity index (χ2n) is 4.36. The highest BCUT2D eigenvalue weighted by Gasteiger charge is 2.13. The molecule has 4 nitrogen and oxygen atoms in total. The molecule has 0 aliphatic carbocycles. The average molecular weight is 223 g/mol. The van der Waals surface area contributed by atoms with Crippen LogP contribution in [0.5, 0.6) is 5.75 Å². The molecule has 0 saturated heterocycles. The van der Waals surface area contributed by atoms with Crippen LogP contribution in [0.15, 0.2) is 12.1 Å². The average Bonchev–Trinajstić information content (AvgIpc) is 2.18. The standard InChI is InChI=1S/C12H17NO3/c1-9-4-5-11(10(8-14)13-9)16-7-6-12(2,3)15/h4-5,8,15H,6-7H2,1-3H3. The lowest BCUT2D eigenvalue weighted by molar-refractivity contribution is 0.0552. The van der Waals surface area contributed by atoms with Gasteiger partial charge in [-0.15, -0.1) is 0 Å². The van der Waals surface area contributed by atoms with Gasteiger partial charge in [0.05, 0.1) is 12.2 Å². The van der Waals surface area contributed by atoms with E-state index in [2.05, 4.69) is 4.98 Å². The monoisotopic (exact) mass is 223 g/mol. The zero-order chi connectivity index (χ0) is 12.2. The summed E-state index contributed by atoms with van der Waals surface area (Å²) in [4.78, 5) is 14.8. The van der Waals surface area contributed by atoms with Gasteiger partial charge < -0.3 is 9.84 Å². The van der Waals surface area contributed by atoms with E-state index in [1.165, 1.54) is 0 Å². The third kappa shape index (κ3) is 3.98. The smallest absolute Gasteiger partial charge is 0.172 e. The van der Waals surface area contributed by atoms with Gasteiger partial charge in [0.2, 0.25) is 0 Å². The van der Waals surface area contributed by atoms with Gasteiger partial charge in [0.25, 0.3) is 0 Å². The van der Waals surface area contributed by atoms with Crippen LogP contribution in [0.1, 0.15) is 36.5 Å². The van der Waals surface area contributed by atoms with Crippen LogP contribution in [0.25, 0.3) is 0 Å². The highest BCUT2D eigenvalue weighted by molar-refractivity contribution is 5.76. The molecule has 1 heterocycles. The van der Waals surface area contributed by atoms with Gasteiger partial charge in [-0.3, -0.25) is 4.79 Å². The molecule has 0 bridgehead atoms. The third-order valence-corrected chi connectivity index (χ3v) is 2.11. The normalized spacial score (nSPS) is 11.2. The van der Waals surface area contributed by atoms with Gasteiger partial charge in [-0.1, -0.05) is 0 Å². The Morgan fingerprint density at radius 1 is 1.50 bits per heavy atom. The van der Waals surface area contributed by atoms with Crippen molar-refractivity contribution in [3.63, 3.8) is 0 Å². The van der Waals surface area contributed by atoms with Crippen molar-refractivity contribution in [3.8, 4) is 5.75 Å². The molecule has 0 spiro atoms. The summed E-state index contributed by atoms with van der Waals surface area (Å²) in [6.07, 6.45) is 1.17. The Hall–Kier alpha value is -1.42. The Kier molecular flexibility index (Phi) is 4.01. The zero-order valence-electron chi connectivity index (χ0n) is 9.86. The van der Waals surface area contributed by atoms with Crippen LogP contribution in [-0.4, -0.2) is 28.6 Å². The summed E-state index contributed by atoms with van der Waals surface area (Å²) >= 11 is 0. The number of hydrogen-bond donors (Lipinski definition) is 1. The number of aldehydes is 1. The summed E-state index contributed by atoms with van der Waals surface area (Å²) in [6, 6.07) is 3.50. The molecule has 0 aliphatic heterocycles. The molecule has 4 heteroatoms. The van der Waals surface area contributed by atoms with Crippen LogP contribution in [0.4, 0.5) is 0 Å². The number of hydrogen-bond acceptors (Lipinski definition) is 4. The van der Waals surface area contributed by atoms with Crippen molar-refractivity contribution in [1.29, 1.82) is 0 Å². The Bertz CT molecular complexity index is 369. The number of rotatable bonds is 5. The molecule has 88 valence electrons. The first-order chi connectivity index (χ1) is 7.42. The minimum Gasteiger partial charge on any atom is -0.491 e. The van der Waals surface area contributed by atoms with Gasteiger partial charge in [-0.25, -0.2) is 4.98 Å². The largest absolute Gasteiger partial charge is 0.491 e. The van der Waals surface area contributed by atoms with E-state index in [0.717, 1.165) is 5.69 Å². The fourth-order valence-electron chi connectivity index (χ4n) is 1.18. The van der Waals surface area contributed by atoms with E-state index < -0.39 is 5.60 Å². The molecular formula is C12H17NO3. The lowest BCUT2D eigenvalue weighted by Crippen LogP contribution is -2.22. The number of carbonyl (C=O) groups is 1. The van der Waals surface area contributed by atoms with E-state index in [0.29, 0.717) is 30.8 Å². The number of aromatic nitrogens is 1. The summed E-state index contributed by atoms with van der Waals surface area (Å²) in [7, 11) is 0. The minimum atomic E-state index is -0.764. The molecule has 0 saturated carbocycles. The minimum absolute atomic E-state index is 0.302. The summed E-state index contributed by atoms with van der Waals surface area (Å²) in [6.45, 7) is 5.59. The number of aryl methyl sites for hydroxylation is 1. The molecule has 0 amide bonds. The van der Waals surface area contributed by atoms with Crippen LogP contribution < -0.4 is 4.74 Å². The fraction of sp³-hybridized carbons (Fsp3) is 0.500. The summed E-state index contributed by atoms with van der Waals surface area (Å²) in [5.41, 5.74) is 0.312. The van der Waals surface area contributed by atoms with E-state index in [1.807, 2.05) is 6.92 Å². The molecule has 0 radical (unpaired) electrons. The maximum atomic E-state index is 10.7. The lowest BCUT2D eigenvalue weighted by atomic mass is 10.1. The summed E-state index contributed by atoms with van der Waals surface area (Å²) in [5, 5.41) is 9.50. The van der Waals surface area contributed by atoms with Crippen LogP contribution in [0, 0.1) is 6.92 Å². The van der Waals surface area contributed by atoms with Crippen molar-refractivity contribution in [2.45, 2.75) is 32.8 Å². The molecule has 1 rings (SSSR count). The molecule has 1 N–H and O–H groups in total. The maximum absolute atomic E-state index is 10.7. The number of pyridine rings is 1. The van der Waals surface area contributed by atoms with Gasteiger partial charge in [0.15, 0.2) is 6.29 Å². The first-order valence-electron chi connectivity index (χ1n) is 5.20. The Morgan fingerprint density at radius 2 is 2.19 bits per heavy atom. The van der Waals surface area contributed by atoms with Crippen molar-refractivity contribution >= 4 is 6.29 Å². The first kappa shape index (κ1) is 12.6. The number of nitrogens with zero attached hydrogens (tertiary/aromatic N) is 1. The van der Waals surface area contributed by atoms with Gasteiger partial charge in [0, 0.05) is 12.1 Å². The molecule has 1 aromatic rings. The summed E-state index contributed by atoms with van der Waals surface area (Å²) in [5.74, 6) is 0.463. The maximum Gasteiger partial charge on any atom is 0.172 e. The predicted molar refractivity (Wildman–Crippen MR) is 60.8 cm³/mol. The van der Waals surface area contributed by atoms with E-state index in [4.69, 9.17) is 4.74 Å². The van der Waals surface area contributed by atoms with Crippen LogP contribution in [-0.2, 0) is 0 Å². The number of ether oxygens (including phenoxy) is 1. The molecule has 0 fully saturated rings. The van der Waals surface area contributed by atoms with E-state index in [9.17, 15) is 9.90 Å². The van der Waals surface area contributed by atoms with Gasteiger partial charge in [0.1, 0.15) is 11.4 Å². The van der Waals surface area contributed by atoms with Crippen molar-refractivity contribution in [1.82, 2.24) is 4.98 Å². The number of aliphatic hydroxyl groups is 1. The van der Waals surface area contributed by atoms with Crippen molar-refractivity contribution in [2.75, 3.05) is 6.61 Å². The fourth-order valence-corrected chi connectivity index (χ4v) is 1.18. The van der Waals surface area contributed by atoms with Crippen molar-refractivity contribution in [2.24, 2.45) is 0 Å². The molecular weight excluding hydrogens is 206 g/mol. The quantitative estimate of drug-likeness (QED) is 0.772. The summed E-state index contributed by atoms with van der Waals surface area (Å²) < 4.78 is 5.41. The van der Waals surface area contributed by atoms with E-state index >= 15 is 0 Å². The second-order valence-corrected chi connectivity index (χ2v) is 4.36. The molecule has 1 aromatic heterocycles. The van der Waals surface area contributed by atoms with E-state index in [-0.39, 0.29) is 0 Å². The predicted octanol–water partition coefficient (Wildman–Crippen LogP) is 1.74. The zero-order valence-corrected chi connectivity index (χ0v) is 9.86. The molecule has 0 aliphatic rings. The van der Waals surface area contributed by atoms with Gasteiger partial charge in [-0.2, -0.15) is 0 Å². The topological polar surface area (TPSA) is 59.4 Å². The van der Waals surface area contributed by atoms with Crippen molar-refractivity contribution in [3.05, 3.63) is 23.5 Å². The van der Waals surface area contributed by atoms with E-state index in [1.54, 1.807) is 26.0 Å². The SMILES string of the molecule is Cc1ccc(OCCC(C)(C)O)c(C=O)n1. The highest BCUT2D eigenvalue weighted by Crippen LogP contribution is 2.16. The third-order valence-electron chi connectivity index (χ3n) is 2.11. The van der Waals surface area contributed by atoms with Gasteiger partial charge in [-0.05, 0) is 32.9 Å². The van der Waals surface area contributed by atoms with Gasteiger partial charge >= 0.3 is 0 Å². The molecule has 0 aromatic carbocycles. The second kappa shape index (κ2) is 5.07. The van der Waals surface area contributed by atoms with Crippen LogP contribution in [0.2, 0.25) is 0 Å². The first-order valence-corrected chi connectivity index (χ1v) is 5.20. The lowest BCUT2D eigenvalue weighted by Gasteiger charge is -2.17. The van der Waals surface area contributed by atoms with Crippen molar-refractivity contribution < 1.29 is 14.6 Å². The Labute approximate surface area is 95.3 Å². The van der Waals surface area contributed by atoms with Crippen LogP contribution >= 0.6 is 0 Å². The Morgan fingerprint density at radius 3 is 2.75 bits per heavy atom. The molecule has 16 heavy (non-hydrogen) atoms. The highest BCUT2D eigenvalue weighted by atomic mass is 16.5. The Balaban J connectivity index is 2.63. The number of carbonyl (C=O) groups excluding carboxylic acids is 1. The van der Waals surface area contributed by atoms with Crippen LogP contribution in [0.3, 0.4) is 0 Å². The molecule has 0 atom stereocenters. The molecule has 0 unspecified atom stereocenters.